The van der Waals surface area contributed by atoms with Gasteiger partial charge in [0.05, 0.1) is 13.7 Å². The quantitative estimate of drug-likeness (QED) is 0.835. The summed E-state index contributed by atoms with van der Waals surface area (Å²) in [5, 5.41) is 3.66. The van der Waals surface area contributed by atoms with E-state index in [4.69, 9.17) is 9.47 Å². The third-order valence-electron chi connectivity index (χ3n) is 4.42. The molecule has 0 radical (unpaired) electrons. The number of hydrogen-bond acceptors (Lipinski definition) is 4. The van der Waals surface area contributed by atoms with Gasteiger partial charge in [-0.1, -0.05) is 13.0 Å². The summed E-state index contributed by atoms with van der Waals surface area (Å²) in [4.78, 5) is 2.42. The van der Waals surface area contributed by atoms with E-state index in [1.165, 1.54) is 11.1 Å². The lowest BCUT2D eigenvalue weighted by molar-refractivity contribution is 0.115. The van der Waals surface area contributed by atoms with E-state index >= 15 is 0 Å². The number of hydrogen-bond donors (Lipinski definition) is 1. The molecule has 0 fully saturated rings. The van der Waals surface area contributed by atoms with Crippen LogP contribution >= 0.6 is 0 Å². The zero-order valence-corrected chi connectivity index (χ0v) is 13.7. The van der Waals surface area contributed by atoms with E-state index in [2.05, 4.69) is 42.4 Å². The van der Waals surface area contributed by atoms with Gasteiger partial charge < -0.3 is 14.8 Å². The zero-order chi connectivity index (χ0) is 15.2. The van der Waals surface area contributed by atoms with E-state index in [0.29, 0.717) is 12.1 Å². The van der Waals surface area contributed by atoms with Crippen molar-refractivity contribution in [2.75, 3.05) is 41.0 Å². The molecule has 21 heavy (non-hydrogen) atoms. The number of methoxy groups -OCH3 is 2. The van der Waals surface area contributed by atoms with Crippen molar-refractivity contribution in [1.29, 1.82) is 0 Å². The van der Waals surface area contributed by atoms with Crippen LogP contribution in [0.15, 0.2) is 18.2 Å². The Morgan fingerprint density at radius 1 is 1.33 bits per heavy atom. The molecule has 0 aromatic heterocycles. The first-order chi connectivity index (χ1) is 10.2. The maximum absolute atomic E-state index is 5.36. The molecule has 4 heteroatoms. The second-order valence-corrected chi connectivity index (χ2v) is 5.68. The first-order valence-electron chi connectivity index (χ1n) is 7.80. The third-order valence-corrected chi connectivity index (χ3v) is 4.42. The van der Waals surface area contributed by atoms with Crippen molar-refractivity contribution in [2.24, 2.45) is 0 Å². The molecule has 1 aliphatic carbocycles. The summed E-state index contributed by atoms with van der Waals surface area (Å²) in [7, 11) is 5.69. The molecule has 0 spiro atoms. The van der Waals surface area contributed by atoms with E-state index in [0.717, 1.165) is 38.3 Å². The van der Waals surface area contributed by atoms with E-state index in [1.54, 1.807) is 14.2 Å². The van der Waals surface area contributed by atoms with Crippen LogP contribution in [0.25, 0.3) is 0 Å². The number of ether oxygens (including phenoxy) is 2. The molecule has 0 amide bonds. The molecule has 1 aliphatic rings. The van der Waals surface area contributed by atoms with Crippen molar-refractivity contribution in [3.05, 3.63) is 29.3 Å². The molecule has 0 aliphatic heterocycles. The molecule has 2 rings (SSSR count). The Morgan fingerprint density at radius 3 is 2.81 bits per heavy atom. The van der Waals surface area contributed by atoms with E-state index in [-0.39, 0.29) is 0 Å². The fourth-order valence-electron chi connectivity index (χ4n) is 3.25. The highest BCUT2D eigenvalue weighted by atomic mass is 16.5. The van der Waals surface area contributed by atoms with Crippen molar-refractivity contribution in [3.8, 4) is 5.75 Å². The van der Waals surface area contributed by atoms with E-state index < -0.39 is 0 Å². The standard InChI is InChI=1S/C17H28N2O2/c1-5-18-17-15-8-7-14(21-4)12-13(15)6-9-16(17)19(2)10-11-20-3/h7-8,12,16-18H,5-6,9-11H2,1-4H3. The average molecular weight is 292 g/mol. The predicted molar refractivity (Wildman–Crippen MR) is 86.0 cm³/mol. The Bertz CT molecular complexity index is 450. The minimum Gasteiger partial charge on any atom is -0.497 e. The van der Waals surface area contributed by atoms with Crippen LogP contribution < -0.4 is 10.1 Å². The largest absolute Gasteiger partial charge is 0.497 e. The summed E-state index contributed by atoms with van der Waals surface area (Å²) in [5.74, 6) is 0.954. The smallest absolute Gasteiger partial charge is 0.119 e. The number of nitrogens with one attached hydrogen (secondary N) is 1. The number of fused-ring (bicyclic) bond motifs is 1. The highest BCUT2D eigenvalue weighted by Crippen LogP contribution is 2.34. The van der Waals surface area contributed by atoms with Crippen molar-refractivity contribution < 1.29 is 9.47 Å². The van der Waals surface area contributed by atoms with Gasteiger partial charge in [0.2, 0.25) is 0 Å². The summed E-state index contributed by atoms with van der Waals surface area (Å²) < 4.78 is 10.6. The minimum atomic E-state index is 0.381. The maximum atomic E-state index is 5.36. The Balaban J connectivity index is 2.21. The fraction of sp³-hybridized carbons (Fsp3) is 0.647. The van der Waals surface area contributed by atoms with Crippen molar-refractivity contribution in [2.45, 2.75) is 31.8 Å². The normalized spacial score (nSPS) is 21.4. The Hall–Kier alpha value is -1.10. The minimum absolute atomic E-state index is 0.381. The van der Waals surface area contributed by atoms with Crippen molar-refractivity contribution in [1.82, 2.24) is 10.2 Å². The molecule has 0 bridgehead atoms. The van der Waals surface area contributed by atoms with E-state index in [1.807, 2.05) is 0 Å². The van der Waals surface area contributed by atoms with Gasteiger partial charge in [0.1, 0.15) is 5.75 Å². The molecule has 0 saturated carbocycles. The zero-order valence-electron chi connectivity index (χ0n) is 13.7. The summed E-state index contributed by atoms with van der Waals surface area (Å²) in [6.45, 7) is 4.89. The molecule has 1 aromatic rings. The monoisotopic (exact) mass is 292 g/mol. The average Bonchev–Trinajstić information content (AvgIpc) is 2.52. The van der Waals surface area contributed by atoms with Crippen molar-refractivity contribution >= 4 is 0 Å². The molecule has 118 valence electrons. The van der Waals surface area contributed by atoms with Crippen LogP contribution in [0.4, 0.5) is 0 Å². The highest BCUT2D eigenvalue weighted by molar-refractivity contribution is 5.40. The fourth-order valence-corrected chi connectivity index (χ4v) is 3.25. The van der Waals surface area contributed by atoms with Crippen LogP contribution in [0.1, 0.15) is 30.5 Å². The first-order valence-corrected chi connectivity index (χ1v) is 7.80. The molecule has 4 nitrogen and oxygen atoms in total. The number of aryl methyl sites for hydroxylation is 1. The van der Waals surface area contributed by atoms with Crippen LogP contribution in [0.3, 0.4) is 0 Å². The number of rotatable bonds is 7. The topological polar surface area (TPSA) is 33.7 Å². The number of nitrogens with zero attached hydrogens (tertiary/aromatic N) is 1. The molecular weight excluding hydrogens is 264 g/mol. The molecule has 1 N–H and O–H groups in total. The maximum Gasteiger partial charge on any atom is 0.119 e. The Labute approximate surface area is 128 Å². The molecule has 2 atom stereocenters. The molecule has 0 heterocycles. The lowest BCUT2D eigenvalue weighted by atomic mass is 9.83. The molecular formula is C17H28N2O2. The first kappa shape index (κ1) is 16.3. The van der Waals surface area contributed by atoms with Gasteiger partial charge >= 0.3 is 0 Å². The Kier molecular flexibility index (Phi) is 6.03. The predicted octanol–water partition coefficient (Wildman–Crippen LogP) is 2.24. The van der Waals surface area contributed by atoms with Crippen LogP contribution in [-0.2, 0) is 11.2 Å². The van der Waals surface area contributed by atoms with Gasteiger partial charge in [-0.15, -0.1) is 0 Å². The van der Waals surface area contributed by atoms with Gasteiger partial charge in [-0.25, -0.2) is 0 Å². The molecule has 2 unspecified atom stereocenters. The molecule has 1 aromatic carbocycles. The lowest BCUT2D eigenvalue weighted by Crippen LogP contribution is -2.46. The van der Waals surface area contributed by atoms with Gasteiger partial charge in [-0.2, -0.15) is 0 Å². The summed E-state index contributed by atoms with van der Waals surface area (Å²) in [6, 6.07) is 7.37. The lowest BCUT2D eigenvalue weighted by Gasteiger charge is -2.39. The van der Waals surface area contributed by atoms with Crippen LogP contribution in [0.2, 0.25) is 0 Å². The van der Waals surface area contributed by atoms with Crippen LogP contribution in [-0.4, -0.2) is 51.9 Å². The SMILES string of the molecule is CCNC1c2ccc(OC)cc2CCC1N(C)CCOC. The second kappa shape index (κ2) is 7.78. The third kappa shape index (κ3) is 3.76. The van der Waals surface area contributed by atoms with Crippen LogP contribution in [0, 0.1) is 0 Å². The van der Waals surface area contributed by atoms with Gasteiger partial charge in [0, 0.05) is 25.7 Å². The second-order valence-electron chi connectivity index (χ2n) is 5.68. The van der Waals surface area contributed by atoms with Gasteiger partial charge in [0.25, 0.3) is 0 Å². The van der Waals surface area contributed by atoms with Gasteiger partial charge in [-0.3, -0.25) is 4.90 Å². The Morgan fingerprint density at radius 2 is 2.14 bits per heavy atom. The van der Waals surface area contributed by atoms with Gasteiger partial charge in [0.15, 0.2) is 0 Å². The highest BCUT2D eigenvalue weighted by Gasteiger charge is 2.31. The van der Waals surface area contributed by atoms with Crippen molar-refractivity contribution in [3.63, 3.8) is 0 Å². The van der Waals surface area contributed by atoms with E-state index in [9.17, 15) is 0 Å². The summed E-state index contributed by atoms with van der Waals surface area (Å²) >= 11 is 0. The number of benzene rings is 1. The number of likely N-dealkylation sites (N-methyl/N-ethyl adjacent to an activating group) is 2. The van der Waals surface area contributed by atoms with Gasteiger partial charge in [-0.05, 0) is 49.7 Å². The van der Waals surface area contributed by atoms with Crippen LogP contribution in [0.5, 0.6) is 5.75 Å². The summed E-state index contributed by atoms with van der Waals surface area (Å²) in [6.07, 6.45) is 2.27. The summed E-state index contributed by atoms with van der Waals surface area (Å²) in [5.41, 5.74) is 2.83. The molecule has 0 saturated heterocycles.